The molecule has 3 rings (SSSR count). The van der Waals surface area contributed by atoms with Gasteiger partial charge in [0.1, 0.15) is 5.82 Å². The van der Waals surface area contributed by atoms with Gasteiger partial charge >= 0.3 is 0 Å². The van der Waals surface area contributed by atoms with Gasteiger partial charge < -0.3 is 9.88 Å². The molecule has 0 aliphatic heterocycles. The van der Waals surface area contributed by atoms with E-state index in [1.54, 1.807) is 17.9 Å². The lowest BCUT2D eigenvalue weighted by atomic mass is 10.1. The fourth-order valence-electron chi connectivity index (χ4n) is 2.15. The van der Waals surface area contributed by atoms with Gasteiger partial charge in [0.25, 0.3) is 0 Å². The van der Waals surface area contributed by atoms with Crippen LogP contribution in [0.15, 0.2) is 47.9 Å². The van der Waals surface area contributed by atoms with Gasteiger partial charge in [0, 0.05) is 43.1 Å². The van der Waals surface area contributed by atoms with Gasteiger partial charge in [-0.05, 0) is 12.1 Å². The summed E-state index contributed by atoms with van der Waals surface area (Å²) in [5.41, 5.74) is 1.72. The lowest BCUT2D eigenvalue weighted by Gasteiger charge is -2.04. The number of imidazole rings is 1. The van der Waals surface area contributed by atoms with Crippen molar-refractivity contribution in [1.29, 1.82) is 0 Å². The molecule has 2 heterocycles. The molecule has 0 aliphatic carbocycles. The SMILES string of the molecule is Cn1ccnc1SCC(=O)Nc1cc(-c2ccc(Cl)cc2)nn1C. The number of benzene rings is 1. The van der Waals surface area contributed by atoms with Gasteiger partial charge in [0.15, 0.2) is 5.16 Å². The number of carbonyl (C=O) groups is 1. The molecule has 0 aliphatic rings. The maximum atomic E-state index is 12.1. The van der Waals surface area contributed by atoms with Crippen LogP contribution in [-0.4, -0.2) is 31.0 Å². The summed E-state index contributed by atoms with van der Waals surface area (Å²) in [5.74, 6) is 0.825. The average molecular weight is 362 g/mol. The summed E-state index contributed by atoms with van der Waals surface area (Å²) in [5, 5.41) is 8.77. The van der Waals surface area contributed by atoms with Crippen LogP contribution in [0, 0.1) is 0 Å². The van der Waals surface area contributed by atoms with Crippen LogP contribution >= 0.6 is 23.4 Å². The molecule has 3 aromatic rings. The highest BCUT2D eigenvalue weighted by Gasteiger charge is 2.11. The van der Waals surface area contributed by atoms with Crippen LogP contribution in [0.5, 0.6) is 0 Å². The number of hydrogen-bond donors (Lipinski definition) is 1. The summed E-state index contributed by atoms with van der Waals surface area (Å²) >= 11 is 7.29. The number of nitrogens with zero attached hydrogens (tertiary/aromatic N) is 4. The Hall–Kier alpha value is -2.25. The molecule has 1 aromatic carbocycles. The Morgan fingerprint density at radius 3 is 2.71 bits per heavy atom. The molecule has 0 spiro atoms. The van der Waals surface area contributed by atoms with E-state index < -0.39 is 0 Å². The molecule has 1 amide bonds. The highest BCUT2D eigenvalue weighted by Crippen LogP contribution is 2.23. The van der Waals surface area contributed by atoms with Gasteiger partial charge in [-0.3, -0.25) is 9.48 Å². The third-order valence-corrected chi connectivity index (χ3v) is 4.71. The Balaban J connectivity index is 1.66. The van der Waals surface area contributed by atoms with Gasteiger partial charge in [-0.15, -0.1) is 0 Å². The maximum absolute atomic E-state index is 12.1. The van der Waals surface area contributed by atoms with E-state index in [4.69, 9.17) is 11.6 Å². The van der Waals surface area contributed by atoms with Crippen molar-refractivity contribution in [1.82, 2.24) is 19.3 Å². The topological polar surface area (TPSA) is 64.7 Å². The molecular formula is C16H16ClN5OS. The van der Waals surface area contributed by atoms with Crippen LogP contribution in [0.2, 0.25) is 5.02 Å². The predicted molar refractivity (Wildman–Crippen MR) is 96.2 cm³/mol. The Morgan fingerprint density at radius 1 is 1.29 bits per heavy atom. The maximum Gasteiger partial charge on any atom is 0.235 e. The van der Waals surface area contributed by atoms with E-state index in [1.807, 2.05) is 48.1 Å². The highest BCUT2D eigenvalue weighted by molar-refractivity contribution is 7.99. The number of thioether (sulfide) groups is 1. The van der Waals surface area contributed by atoms with Gasteiger partial charge in [-0.1, -0.05) is 35.5 Å². The fourth-order valence-corrected chi connectivity index (χ4v) is 3.00. The van der Waals surface area contributed by atoms with E-state index in [0.717, 1.165) is 16.4 Å². The number of nitrogens with one attached hydrogen (secondary N) is 1. The molecule has 2 aromatic heterocycles. The van der Waals surface area contributed by atoms with Crippen molar-refractivity contribution in [2.45, 2.75) is 5.16 Å². The van der Waals surface area contributed by atoms with Gasteiger partial charge in [-0.25, -0.2) is 4.98 Å². The summed E-state index contributed by atoms with van der Waals surface area (Å²) in [4.78, 5) is 16.3. The molecule has 0 bridgehead atoms. The first kappa shape index (κ1) is 16.6. The number of hydrogen-bond acceptors (Lipinski definition) is 4. The Kier molecular flexibility index (Phi) is 4.92. The van der Waals surface area contributed by atoms with Crippen LogP contribution in [0.4, 0.5) is 5.82 Å². The van der Waals surface area contributed by atoms with E-state index in [-0.39, 0.29) is 11.7 Å². The molecule has 0 saturated heterocycles. The second kappa shape index (κ2) is 7.11. The van der Waals surface area contributed by atoms with Crippen LogP contribution in [0.1, 0.15) is 0 Å². The minimum atomic E-state index is -0.103. The van der Waals surface area contributed by atoms with Gasteiger partial charge in [0.2, 0.25) is 5.91 Å². The van der Waals surface area contributed by atoms with Crippen molar-refractivity contribution in [2.75, 3.05) is 11.1 Å². The first-order valence-electron chi connectivity index (χ1n) is 7.23. The number of rotatable bonds is 5. The number of anilines is 1. The minimum Gasteiger partial charge on any atom is -0.329 e. The molecule has 0 unspecified atom stereocenters. The van der Waals surface area contributed by atoms with Crippen molar-refractivity contribution < 1.29 is 4.79 Å². The van der Waals surface area contributed by atoms with Crippen molar-refractivity contribution in [3.63, 3.8) is 0 Å². The second-order valence-electron chi connectivity index (χ2n) is 5.20. The van der Waals surface area contributed by atoms with E-state index in [1.165, 1.54) is 11.8 Å². The Labute approximate surface area is 148 Å². The fraction of sp³-hybridized carbons (Fsp3) is 0.188. The summed E-state index contributed by atoms with van der Waals surface area (Å²) in [6, 6.07) is 9.26. The minimum absolute atomic E-state index is 0.103. The Bertz CT molecular complexity index is 856. The molecule has 124 valence electrons. The number of amides is 1. The smallest absolute Gasteiger partial charge is 0.235 e. The average Bonchev–Trinajstić information content (AvgIpc) is 3.12. The molecular weight excluding hydrogens is 346 g/mol. The van der Waals surface area contributed by atoms with Gasteiger partial charge in [-0.2, -0.15) is 5.10 Å². The van der Waals surface area contributed by atoms with Crippen LogP contribution < -0.4 is 5.32 Å². The van der Waals surface area contributed by atoms with Crippen molar-refractivity contribution in [2.24, 2.45) is 14.1 Å². The molecule has 0 fully saturated rings. The third kappa shape index (κ3) is 3.80. The van der Waals surface area contributed by atoms with Crippen LogP contribution in [-0.2, 0) is 18.9 Å². The van der Waals surface area contributed by atoms with Crippen LogP contribution in [0.25, 0.3) is 11.3 Å². The number of carbonyl (C=O) groups excluding carboxylic acids is 1. The second-order valence-corrected chi connectivity index (χ2v) is 6.58. The third-order valence-electron chi connectivity index (χ3n) is 3.40. The summed E-state index contributed by atoms with van der Waals surface area (Å²) in [6.45, 7) is 0. The molecule has 0 saturated carbocycles. The van der Waals surface area contributed by atoms with Gasteiger partial charge in [0.05, 0.1) is 11.4 Å². The molecule has 0 atom stereocenters. The largest absolute Gasteiger partial charge is 0.329 e. The molecule has 8 heteroatoms. The Morgan fingerprint density at radius 2 is 2.04 bits per heavy atom. The van der Waals surface area contributed by atoms with Crippen molar-refractivity contribution in [3.05, 3.63) is 47.7 Å². The van der Waals surface area contributed by atoms with E-state index >= 15 is 0 Å². The molecule has 24 heavy (non-hydrogen) atoms. The quantitative estimate of drug-likeness (QED) is 0.709. The molecule has 1 N–H and O–H groups in total. The zero-order chi connectivity index (χ0) is 17.1. The summed E-state index contributed by atoms with van der Waals surface area (Å²) in [7, 11) is 3.69. The number of halogens is 1. The van der Waals surface area contributed by atoms with E-state index in [0.29, 0.717) is 10.8 Å². The predicted octanol–water partition coefficient (Wildman–Crippen LogP) is 3.20. The molecule has 6 nitrogen and oxygen atoms in total. The summed E-state index contributed by atoms with van der Waals surface area (Å²) in [6.07, 6.45) is 3.56. The van der Waals surface area contributed by atoms with Crippen molar-refractivity contribution in [3.8, 4) is 11.3 Å². The first-order valence-corrected chi connectivity index (χ1v) is 8.59. The van der Waals surface area contributed by atoms with Crippen LogP contribution in [0.3, 0.4) is 0 Å². The van der Waals surface area contributed by atoms with E-state index in [9.17, 15) is 4.79 Å². The highest BCUT2D eigenvalue weighted by atomic mass is 35.5. The standard InChI is InChI=1S/C16H16ClN5OS/c1-21-8-7-18-16(21)24-10-15(23)19-14-9-13(20-22(14)2)11-3-5-12(17)6-4-11/h3-9H,10H2,1-2H3,(H,19,23). The normalized spacial score (nSPS) is 10.8. The lowest BCUT2D eigenvalue weighted by molar-refractivity contribution is -0.113. The number of aromatic nitrogens is 4. The number of aryl methyl sites for hydroxylation is 2. The summed E-state index contributed by atoms with van der Waals surface area (Å²) < 4.78 is 3.52. The first-order chi connectivity index (χ1) is 11.5. The molecule has 0 radical (unpaired) electrons. The van der Waals surface area contributed by atoms with E-state index in [2.05, 4.69) is 15.4 Å². The van der Waals surface area contributed by atoms with Crippen molar-refractivity contribution >= 4 is 35.1 Å². The monoisotopic (exact) mass is 361 g/mol. The zero-order valence-electron chi connectivity index (χ0n) is 13.2. The lowest BCUT2D eigenvalue weighted by Crippen LogP contribution is -2.16. The zero-order valence-corrected chi connectivity index (χ0v) is 14.8.